The van der Waals surface area contributed by atoms with E-state index in [1.807, 2.05) is 29.6 Å². The Labute approximate surface area is 141 Å². The summed E-state index contributed by atoms with van der Waals surface area (Å²) in [7, 11) is 0. The Bertz CT molecular complexity index is 827. The lowest BCUT2D eigenvalue weighted by Gasteiger charge is -1.98. The third-order valence-electron chi connectivity index (χ3n) is 2.84. The first-order valence-electron chi connectivity index (χ1n) is 6.68. The first-order valence-corrected chi connectivity index (χ1v) is 7.94. The molecule has 0 saturated heterocycles. The van der Waals surface area contributed by atoms with E-state index in [9.17, 15) is 4.79 Å². The van der Waals surface area contributed by atoms with Crippen LogP contribution in [-0.2, 0) is 16.1 Å². The first kappa shape index (κ1) is 15.5. The third kappa shape index (κ3) is 4.06. The predicted octanol–water partition coefficient (Wildman–Crippen LogP) is 4.21. The van der Waals surface area contributed by atoms with Gasteiger partial charge in [0.2, 0.25) is 5.89 Å². The molecule has 0 unspecified atom stereocenters. The van der Waals surface area contributed by atoms with Crippen molar-refractivity contribution in [1.29, 1.82) is 0 Å². The van der Waals surface area contributed by atoms with Crippen LogP contribution < -0.4 is 0 Å². The largest absolute Gasteiger partial charge is 0.452 e. The zero-order valence-corrected chi connectivity index (χ0v) is 13.4. The molecule has 0 N–H and O–H groups in total. The third-order valence-corrected chi connectivity index (χ3v) is 4.00. The number of aromatic nitrogens is 2. The lowest BCUT2D eigenvalue weighted by atomic mass is 10.2. The molecule has 0 radical (unpaired) electrons. The molecule has 3 aromatic rings. The van der Waals surface area contributed by atoms with Crippen molar-refractivity contribution in [2.24, 2.45) is 0 Å². The molecule has 0 atom stereocenters. The molecule has 116 valence electrons. The topological polar surface area (TPSA) is 65.2 Å². The molecule has 0 aliphatic rings. The number of benzene rings is 1. The second-order valence-electron chi connectivity index (χ2n) is 4.44. The van der Waals surface area contributed by atoms with Crippen molar-refractivity contribution < 1.29 is 13.9 Å². The van der Waals surface area contributed by atoms with Gasteiger partial charge in [-0.1, -0.05) is 29.8 Å². The molecule has 0 fully saturated rings. The average molecular weight is 347 g/mol. The fourth-order valence-corrected chi connectivity index (χ4v) is 2.61. The predicted molar refractivity (Wildman–Crippen MR) is 87.9 cm³/mol. The van der Waals surface area contributed by atoms with Crippen LogP contribution in [0.2, 0.25) is 5.02 Å². The Morgan fingerprint density at radius 3 is 2.91 bits per heavy atom. The van der Waals surface area contributed by atoms with E-state index in [2.05, 4.69) is 10.2 Å². The summed E-state index contributed by atoms with van der Waals surface area (Å²) in [6, 6.07) is 10.9. The van der Waals surface area contributed by atoms with Gasteiger partial charge in [-0.15, -0.1) is 21.5 Å². The number of ether oxygens (including phenoxy) is 1. The Hall–Kier alpha value is -2.44. The number of thiophene rings is 1. The van der Waals surface area contributed by atoms with Crippen LogP contribution in [0.4, 0.5) is 0 Å². The van der Waals surface area contributed by atoms with Gasteiger partial charge in [-0.25, -0.2) is 4.79 Å². The van der Waals surface area contributed by atoms with Gasteiger partial charge in [0.25, 0.3) is 5.89 Å². The fraction of sp³-hybridized carbons (Fsp3) is 0.0625. The monoisotopic (exact) mass is 346 g/mol. The summed E-state index contributed by atoms with van der Waals surface area (Å²) in [5.41, 5.74) is 0.636. The van der Waals surface area contributed by atoms with Gasteiger partial charge in [-0.3, -0.25) is 0 Å². The zero-order valence-electron chi connectivity index (χ0n) is 11.8. The summed E-state index contributed by atoms with van der Waals surface area (Å²) < 4.78 is 10.5. The summed E-state index contributed by atoms with van der Waals surface area (Å²) >= 11 is 7.60. The highest BCUT2D eigenvalue weighted by molar-refractivity contribution is 7.10. The summed E-state index contributed by atoms with van der Waals surface area (Å²) in [5.74, 6) is 0.0180. The number of halogens is 1. The Morgan fingerprint density at radius 2 is 2.13 bits per heavy atom. The molecule has 0 spiro atoms. The lowest BCUT2D eigenvalue weighted by molar-refractivity contribution is -0.139. The molecule has 3 rings (SSSR count). The smallest absolute Gasteiger partial charge is 0.331 e. The average Bonchev–Trinajstić information content (AvgIpc) is 3.23. The van der Waals surface area contributed by atoms with E-state index < -0.39 is 5.97 Å². The maximum atomic E-state index is 11.6. The summed E-state index contributed by atoms with van der Waals surface area (Å²) in [6.07, 6.45) is 3.05. The highest BCUT2D eigenvalue weighted by atomic mass is 35.5. The van der Waals surface area contributed by atoms with E-state index in [1.54, 1.807) is 18.2 Å². The minimum atomic E-state index is -0.476. The molecule has 0 aliphatic heterocycles. The molecular formula is C16H11ClN2O3S. The molecule has 0 bridgehead atoms. The number of carbonyl (C=O) groups is 1. The van der Waals surface area contributed by atoms with Crippen molar-refractivity contribution >= 4 is 35.0 Å². The van der Waals surface area contributed by atoms with E-state index in [-0.39, 0.29) is 18.4 Å². The van der Waals surface area contributed by atoms with Gasteiger partial charge in [0.15, 0.2) is 6.61 Å². The van der Waals surface area contributed by atoms with Crippen molar-refractivity contribution in [1.82, 2.24) is 10.2 Å². The molecule has 23 heavy (non-hydrogen) atoms. The number of rotatable bonds is 5. The summed E-state index contributed by atoms with van der Waals surface area (Å²) in [5, 5.41) is 10.2. The fourth-order valence-electron chi connectivity index (χ4n) is 1.77. The second-order valence-corrected chi connectivity index (χ2v) is 5.82. The van der Waals surface area contributed by atoms with Gasteiger partial charge in [0.1, 0.15) is 0 Å². The van der Waals surface area contributed by atoms with Crippen LogP contribution in [0.1, 0.15) is 10.8 Å². The van der Waals surface area contributed by atoms with Crippen LogP contribution in [0.5, 0.6) is 0 Å². The van der Waals surface area contributed by atoms with Crippen LogP contribution in [-0.4, -0.2) is 16.2 Å². The zero-order chi connectivity index (χ0) is 16.1. The molecular weight excluding hydrogens is 336 g/mol. The van der Waals surface area contributed by atoms with Crippen LogP contribution in [0, 0.1) is 0 Å². The van der Waals surface area contributed by atoms with E-state index in [1.165, 1.54) is 17.4 Å². The Kier molecular flexibility index (Phi) is 4.85. The van der Waals surface area contributed by atoms with Gasteiger partial charge in [0, 0.05) is 11.0 Å². The van der Waals surface area contributed by atoms with Crippen LogP contribution in [0.3, 0.4) is 0 Å². The maximum absolute atomic E-state index is 11.6. The Balaban J connectivity index is 1.59. The van der Waals surface area contributed by atoms with Crippen molar-refractivity contribution in [2.75, 3.05) is 0 Å². The maximum Gasteiger partial charge on any atom is 0.331 e. The van der Waals surface area contributed by atoms with Gasteiger partial charge in [0.05, 0.1) is 10.6 Å². The molecule has 7 heteroatoms. The highest BCUT2D eigenvalue weighted by Crippen LogP contribution is 2.26. The number of hydrogen-bond donors (Lipinski definition) is 0. The number of nitrogens with zero attached hydrogens (tertiary/aromatic N) is 2. The molecule has 0 aliphatic carbocycles. The first-order chi connectivity index (χ1) is 11.2. The van der Waals surface area contributed by atoms with Gasteiger partial charge in [-0.2, -0.15) is 0 Å². The minimum absolute atomic E-state index is 0.0922. The highest BCUT2D eigenvalue weighted by Gasteiger charge is 2.12. The van der Waals surface area contributed by atoms with Crippen molar-refractivity contribution in [3.05, 3.63) is 63.6 Å². The standard InChI is InChI=1S/C16H11ClN2O3S/c17-13-6-2-1-5-12(13)16-19-18-14(22-16)10-21-15(20)8-7-11-4-3-9-23-11/h1-9H,10H2. The van der Waals surface area contributed by atoms with E-state index in [0.717, 1.165) is 4.88 Å². The quantitative estimate of drug-likeness (QED) is 0.511. The van der Waals surface area contributed by atoms with Crippen molar-refractivity contribution in [2.45, 2.75) is 6.61 Å². The summed E-state index contributed by atoms with van der Waals surface area (Å²) in [4.78, 5) is 12.6. The van der Waals surface area contributed by atoms with Gasteiger partial charge < -0.3 is 9.15 Å². The molecule has 0 saturated carbocycles. The summed E-state index contributed by atoms with van der Waals surface area (Å²) in [6.45, 7) is -0.0922. The van der Waals surface area contributed by atoms with Gasteiger partial charge in [-0.05, 0) is 29.7 Å². The Morgan fingerprint density at radius 1 is 1.26 bits per heavy atom. The van der Waals surface area contributed by atoms with Gasteiger partial charge >= 0.3 is 5.97 Å². The number of carbonyl (C=O) groups excluding carboxylic acids is 1. The molecule has 2 heterocycles. The van der Waals surface area contributed by atoms with E-state index in [4.69, 9.17) is 20.8 Å². The molecule has 1 aromatic carbocycles. The number of esters is 1. The second kappa shape index (κ2) is 7.21. The van der Waals surface area contributed by atoms with Crippen LogP contribution in [0.15, 0.2) is 52.3 Å². The van der Waals surface area contributed by atoms with E-state index >= 15 is 0 Å². The SMILES string of the molecule is O=C(C=Cc1cccs1)OCc1nnc(-c2ccccc2Cl)o1. The van der Waals surface area contributed by atoms with Crippen molar-refractivity contribution in [3.63, 3.8) is 0 Å². The molecule has 0 amide bonds. The minimum Gasteiger partial charge on any atom is -0.452 e. The normalized spacial score (nSPS) is 11.0. The number of hydrogen-bond acceptors (Lipinski definition) is 6. The lowest BCUT2D eigenvalue weighted by Crippen LogP contribution is -2.00. The van der Waals surface area contributed by atoms with Crippen LogP contribution in [0.25, 0.3) is 17.5 Å². The van der Waals surface area contributed by atoms with Crippen molar-refractivity contribution in [3.8, 4) is 11.5 Å². The van der Waals surface area contributed by atoms with E-state index in [0.29, 0.717) is 10.6 Å². The molecule has 2 aromatic heterocycles. The molecule has 5 nitrogen and oxygen atoms in total. The van der Waals surface area contributed by atoms with Crippen LogP contribution >= 0.6 is 22.9 Å².